The first kappa shape index (κ1) is 18.4. The summed E-state index contributed by atoms with van der Waals surface area (Å²) in [6.45, 7) is 2.25. The number of benzene rings is 1. The number of aryl methyl sites for hydroxylation is 1. The highest BCUT2D eigenvalue weighted by Gasteiger charge is 2.44. The van der Waals surface area contributed by atoms with Crippen molar-refractivity contribution in [1.82, 2.24) is 4.90 Å². The molecule has 1 aliphatic rings. The van der Waals surface area contributed by atoms with E-state index in [-0.39, 0.29) is 24.5 Å². The molecule has 2 aromatic rings. The molecule has 1 aromatic heterocycles. The Labute approximate surface area is 159 Å². The van der Waals surface area contributed by atoms with Crippen molar-refractivity contribution in [1.29, 1.82) is 0 Å². The summed E-state index contributed by atoms with van der Waals surface area (Å²) in [6.07, 6.45) is 0. The van der Waals surface area contributed by atoms with Crippen LogP contribution in [0.3, 0.4) is 0 Å². The summed E-state index contributed by atoms with van der Waals surface area (Å²) >= 11 is 3.37. The largest absolute Gasteiger partial charge is 0.503 e. The normalized spacial score (nSPS) is 17.3. The number of hydrogen-bond donors (Lipinski definition) is 1. The number of halogens is 1. The van der Waals surface area contributed by atoms with Crippen molar-refractivity contribution in [2.45, 2.75) is 13.0 Å². The van der Waals surface area contributed by atoms with Gasteiger partial charge in [0, 0.05) is 18.1 Å². The van der Waals surface area contributed by atoms with Crippen molar-refractivity contribution in [3.8, 4) is 0 Å². The van der Waals surface area contributed by atoms with E-state index in [1.165, 1.54) is 12.0 Å². The topological polar surface area (TPSA) is 80.0 Å². The lowest BCUT2D eigenvalue weighted by Crippen LogP contribution is -2.33. The monoisotopic (exact) mass is 419 g/mol. The molecule has 3 rings (SSSR count). The maximum Gasteiger partial charge on any atom is 0.290 e. The van der Waals surface area contributed by atoms with Crippen LogP contribution in [0.4, 0.5) is 0 Å². The molecule has 0 unspecified atom stereocenters. The highest BCUT2D eigenvalue weighted by molar-refractivity contribution is 9.10. The fraction of sp³-hybridized carbons (Fsp3) is 0.263. The first-order valence-electron chi connectivity index (χ1n) is 8.03. The molecule has 136 valence electrons. The first-order chi connectivity index (χ1) is 12.4. The molecule has 1 atom stereocenters. The van der Waals surface area contributed by atoms with E-state index in [1.807, 2.05) is 12.1 Å². The van der Waals surface area contributed by atoms with Gasteiger partial charge in [-0.2, -0.15) is 0 Å². The number of ketones is 1. The molecule has 0 saturated carbocycles. The molecular formula is C19H18BrNO5. The smallest absolute Gasteiger partial charge is 0.290 e. The summed E-state index contributed by atoms with van der Waals surface area (Å²) in [5.41, 5.74) is 0.733. The molecule has 0 aliphatic carbocycles. The lowest BCUT2D eigenvalue weighted by atomic mass is 9.95. The number of rotatable bonds is 6. The molecule has 2 heterocycles. The molecule has 0 fully saturated rings. The average Bonchev–Trinajstić information content (AvgIpc) is 3.16. The number of nitrogens with zero attached hydrogens (tertiary/aromatic N) is 1. The predicted octanol–water partition coefficient (Wildman–Crippen LogP) is 3.58. The third-order valence-electron chi connectivity index (χ3n) is 4.23. The van der Waals surface area contributed by atoms with Gasteiger partial charge in [-0.05, 0) is 36.8 Å². The highest BCUT2D eigenvalue weighted by atomic mass is 79.9. The predicted molar refractivity (Wildman–Crippen MR) is 97.9 cm³/mol. The third kappa shape index (κ3) is 3.32. The van der Waals surface area contributed by atoms with Crippen LogP contribution in [0.5, 0.6) is 0 Å². The van der Waals surface area contributed by atoms with E-state index < -0.39 is 23.5 Å². The Morgan fingerprint density at radius 3 is 2.54 bits per heavy atom. The second-order valence-corrected chi connectivity index (χ2v) is 6.86. The van der Waals surface area contributed by atoms with Gasteiger partial charge in [0.15, 0.2) is 11.5 Å². The Bertz CT molecular complexity index is 868. The number of ether oxygens (including phenoxy) is 1. The molecule has 0 radical (unpaired) electrons. The quantitative estimate of drug-likeness (QED) is 0.723. The lowest BCUT2D eigenvalue weighted by molar-refractivity contribution is -0.130. The fourth-order valence-electron chi connectivity index (χ4n) is 2.99. The molecule has 26 heavy (non-hydrogen) atoms. The van der Waals surface area contributed by atoms with Crippen molar-refractivity contribution in [2.75, 3.05) is 20.3 Å². The minimum Gasteiger partial charge on any atom is -0.503 e. The zero-order valence-electron chi connectivity index (χ0n) is 14.4. The maximum absolute atomic E-state index is 13.0. The van der Waals surface area contributed by atoms with Gasteiger partial charge in [-0.15, -0.1) is 0 Å². The summed E-state index contributed by atoms with van der Waals surface area (Å²) in [4.78, 5) is 27.0. The molecule has 6 nitrogen and oxygen atoms in total. The summed E-state index contributed by atoms with van der Waals surface area (Å²) < 4.78 is 11.3. The molecule has 0 saturated heterocycles. The van der Waals surface area contributed by atoms with Gasteiger partial charge in [0.25, 0.3) is 5.91 Å². The van der Waals surface area contributed by atoms with Crippen LogP contribution in [0.15, 0.2) is 56.6 Å². The molecular weight excluding hydrogens is 402 g/mol. The minimum atomic E-state index is -0.705. The molecule has 1 aliphatic heterocycles. The number of methoxy groups -OCH3 is 1. The van der Waals surface area contributed by atoms with Gasteiger partial charge < -0.3 is 19.2 Å². The molecule has 1 amide bonds. The van der Waals surface area contributed by atoms with E-state index in [0.29, 0.717) is 11.3 Å². The Morgan fingerprint density at radius 2 is 1.96 bits per heavy atom. The van der Waals surface area contributed by atoms with Crippen molar-refractivity contribution in [3.05, 3.63) is 69.3 Å². The number of amides is 1. The number of carbonyl (C=O) groups is 2. The van der Waals surface area contributed by atoms with E-state index in [4.69, 9.17) is 9.15 Å². The summed E-state index contributed by atoms with van der Waals surface area (Å²) in [7, 11) is 1.53. The van der Waals surface area contributed by atoms with Gasteiger partial charge in [0.1, 0.15) is 5.76 Å². The van der Waals surface area contributed by atoms with E-state index in [9.17, 15) is 14.7 Å². The summed E-state index contributed by atoms with van der Waals surface area (Å²) in [5.74, 6) is -0.979. The SMILES string of the molecule is COCCN1C(=O)C(O)=C(C(=O)c2ccc(C)o2)[C@@H]1c1ccc(Br)cc1. The zero-order valence-corrected chi connectivity index (χ0v) is 15.9. The molecule has 0 bridgehead atoms. The number of hydrogen-bond acceptors (Lipinski definition) is 5. The van der Waals surface area contributed by atoms with Crippen LogP contribution >= 0.6 is 15.9 Å². The number of furan rings is 1. The second kappa shape index (κ2) is 7.47. The van der Waals surface area contributed by atoms with Gasteiger partial charge >= 0.3 is 0 Å². The molecule has 1 N–H and O–H groups in total. The van der Waals surface area contributed by atoms with E-state index in [2.05, 4.69) is 15.9 Å². The molecule has 1 aromatic carbocycles. The summed E-state index contributed by atoms with van der Waals surface area (Å²) in [5, 5.41) is 10.4. The van der Waals surface area contributed by atoms with Crippen molar-refractivity contribution in [3.63, 3.8) is 0 Å². The zero-order chi connectivity index (χ0) is 18.8. The van der Waals surface area contributed by atoms with E-state index in [1.54, 1.807) is 31.2 Å². The standard InChI is InChI=1S/C19H18BrNO5/c1-11-3-8-14(26-11)17(22)15-16(12-4-6-13(20)7-5-12)21(9-10-25-2)19(24)18(15)23/h3-8,16,23H,9-10H2,1-2H3/t16-/m0/s1. The van der Waals surface area contributed by atoms with Crippen LogP contribution in [0.25, 0.3) is 0 Å². The van der Waals surface area contributed by atoms with Crippen molar-refractivity contribution in [2.24, 2.45) is 0 Å². The number of Topliss-reactive ketones (excluding diaryl/α,β-unsaturated/α-hetero) is 1. The Morgan fingerprint density at radius 1 is 1.27 bits per heavy atom. The van der Waals surface area contributed by atoms with E-state index >= 15 is 0 Å². The van der Waals surface area contributed by atoms with Gasteiger partial charge in [-0.3, -0.25) is 9.59 Å². The van der Waals surface area contributed by atoms with Gasteiger partial charge in [0.05, 0.1) is 18.2 Å². The minimum absolute atomic E-state index is 0.0165. The Hall–Kier alpha value is -2.38. The third-order valence-corrected chi connectivity index (χ3v) is 4.76. The molecule has 7 heteroatoms. The maximum atomic E-state index is 13.0. The van der Waals surface area contributed by atoms with Crippen LogP contribution in [0.2, 0.25) is 0 Å². The van der Waals surface area contributed by atoms with Crippen molar-refractivity contribution >= 4 is 27.6 Å². The number of carbonyl (C=O) groups excluding carboxylic acids is 2. The van der Waals surface area contributed by atoms with E-state index in [0.717, 1.165) is 4.47 Å². The van der Waals surface area contributed by atoms with Crippen molar-refractivity contribution < 1.29 is 23.8 Å². The van der Waals surface area contributed by atoms with Crippen LogP contribution in [0.1, 0.15) is 27.9 Å². The number of aliphatic hydroxyl groups excluding tert-OH is 1. The van der Waals surface area contributed by atoms with Crippen LogP contribution in [-0.2, 0) is 9.53 Å². The second-order valence-electron chi connectivity index (χ2n) is 5.95. The Balaban J connectivity index is 2.07. The average molecular weight is 420 g/mol. The van der Waals surface area contributed by atoms with Crippen LogP contribution in [-0.4, -0.2) is 42.0 Å². The summed E-state index contributed by atoms with van der Waals surface area (Å²) in [6, 6.07) is 9.76. The van der Waals surface area contributed by atoms with Gasteiger partial charge in [-0.1, -0.05) is 28.1 Å². The van der Waals surface area contributed by atoms with Crippen LogP contribution < -0.4 is 0 Å². The first-order valence-corrected chi connectivity index (χ1v) is 8.83. The van der Waals surface area contributed by atoms with Gasteiger partial charge in [0.2, 0.25) is 5.78 Å². The molecule has 0 spiro atoms. The van der Waals surface area contributed by atoms with Gasteiger partial charge in [-0.25, -0.2) is 0 Å². The van der Waals surface area contributed by atoms with Crippen LogP contribution in [0, 0.1) is 6.92 Å². The fourth-order valence-corrected chi connectivity index (χ4v) is 3.25. The Kier molecular flexibility index (Phi) is 5.29. The number of aliphatic hydroxyl groups is 1. The lowest BCUT2D eigenvalue weighted by Gasteiger charge is -2.26. The highest BCUT2D eigenvalue weighted by Crippen LogP contribution is 2.39.